The van der Waals surface area contributed by atoms with Crippen molar-refractivity contribution in [3.05, 3.63) is 29.3 Å². The van der Waals surface area contributed by atoms with Gasteiger partial charge in [-0.2, -0.15) is 0 Å². The summed E-state index contributed by atoms with van der Waals surface area (Å²) in [6.07, 6.45) is 2.79. The maximum absolute atomic E-state index is 9.45. The highest BCUT2D eigenvalue weighted by atomic mass is 16.5. The Hall–Kier alpha value is -1.06. The second-order valence-electron chi connectivity index (χ2n) is 5.60. The molecule has 0 aliphatic carbocycles. The molecule has 0 spiro atoms. The first kappa shape index (κ1) is 14.4. The first-order valence-electron chi connectivity index (χ1n) is 7.25. The van der Waals surface area contributed by atoms with E-state index in [2.05, 4.69) is 36.9 Å². The van der Waals surface area contributed by atoms with Crippen molar-refractivity contribution in [3.63, 3.8) is 0 Å². The highest BCUT2D eigenvalue weighted by Gasteiger charge is 2.15. The van der Waals surface area contributed by atoms with Crippen LogP contribution in [0.3, 0.4) is 0 Å². The van der Waals surface area contributed by atoms with Crippen molar-refractivity contribution in [2.45, 2.75) is 39.2 Å². The third kappa shape index (κ3) is 4.84. The Morgan fingerprint density at radius 3 is 2.42 bits per heavy atom. The van der Waals surface area contributed by atoms with E-state index in [4.69, 9.17) is 4.74 Å². The fourth-order valence-electron chi connectivity index (χ4n) is 2.64. The van der Waals surface area contributed by atoms with Gasteiger partial charge in [0, 0.05) is 19.6 Å². The third-order valence-corrected chi connectivity index (χ3v) is 3.64. The number of aryl methyl sites for hydroxylation is 2. The lowest BCUT2D eigenvalue weighted by atomic mass is 10.1. The number of ether oxygens (including phenoxy) is 1. The van der Waals surface area contributed by atoms with Crippen molar-refractivity contribution in [1.82, 2.24) is 4.90 Å². The summed E-state index contributed by atoms with van der Waals surface area (Å²) in [6, 6.07) is 6.33. The van der Waals surface area contributed by atoms with Crippen LogP contribution in [0.1, 0.15) is 30.4 Å². The SMILES string of the molecule is Cc1cc(C)cc(OCCCN2CCC(O)CC2)c1. The number of benzene rings is 1. The molecule has 1 aliphatic rings. The lowest BCUT2D eigenvalue weighted by Gasteiger charge is -2.29. The van der Waals surface area contributed by atoms with E-state index < -0.39 is 0 Å². The molecule has 0 atom stereocenters. The molecular weight excluding hydrogens is 238 g/mol. The van der Waals surface area contributed by atoms with Crippen LogP contribution in [0.4, 0.5) is 0 Å². The van der Waals surface area contributed by atoms with Crippen LogP contribution in [0.15, 0.2) is 18.2 Å². The van der Waals surface area contributed by atoms with Crippen molar-refractivity contribution in [2.75, 3.05) is 26.2 Å². The Balaban J connectivity index is 1.66. The summed E-state index contributed by atoms with van der Waals surface area (Å²) in [7, 11) is 0. The maximum Gasteiger partial charge on any atom is 0.119 e. The zero-order valence-corrected chi connectivity index (χ0v) is 12.1. The Bertz CT molecular complexity index is 377. The van der Waals surface area contributed by atoms with Gasteiger partial charge in [0.1, 0.15) is 5.75 Å². The average molecular weight is 263 g/mol. The number of likely N-dealkylation sites (tertiary alicyclic amines) is 1. The first-order valence-corrected chi connectivity index (χ1v) is 7.25. The van der Waals surface area contributed by atoms with Gasteiger partial charge in [0.25, 0.3) is 0 Å². The molecule has 0 aromatic heterocycles. The summed E-state index contributed by atoms with van der Waals surface area (Å²) < 4.78 is 5.80. The molecule has 0 bridgehead atoms. The molecule has 1 aromatic rings. The van der Waals surface area contributed by atoms with Gasteiger partial charge in [0.2, 0.25) is 0 Å². The summed E-state index contributed by atoms with van der Waals surface area (Å²) in [6.45, 7) is 8.06. The van der Waals surface area contributed by atoms with Gasteiger partial charge in [-0.3, -0.25) is 0 Å². The van der Waals surface area contributed by atoms with Gasteiger partial charge < -0.3 is 14.7 Å². The lowest BCUT2D eigenvalue weighted by molar-refractivity contribution is 0.0800. The van der Waals surface area contributed by atoms with Crippen molar-refractivity contribution in [3.8, 4) is 5.75 Å². The summed E-state index contributed by atoms with van der Waals surface area (Å²) in [5.41, 5.74) is 2.50. The van der Waals surface area contributed by atoms with Gasteiger partial charge in [-0.05, 0) is 56.4 Å². The Kier molecular flexibility index (Phi) is 5.23. The summed E-state index contributed by atoms with van der Waals surface area (Å²) in [4.78, 5) is 2.41. The van der Waals surface area contributed by atoms with Crippen molar-refractivity contribution < 1.29 is 9.84 Å². The van der Waals surface area contributed by atoms with E-state index in [1.165, 1.54) is 11.1 Å². The van der Waals surface area contributed by atoms with Crippen molar-refractivity contribution >= 4 is 0 Å². The molecule has 1 aromatic carbocycles. The lowest BCUT2D eigenvalue weighted by Crippen LogP contribution is -2.36. The average Bonchev–Trinajstić information content (AvgIpc) is 2.36. The molecule has 2 rings (SSSR count). The molecule has 19 heavy (non-hydrogen) atoms. The van der Waals surface area contributed by atoms with Crippen LogP contribution in [0.2, 0.25) is 0 Å². The molecule has 1 fully saturated rings. The molecule has 1 saturated heterocycles. The topological polar surface area (TPSA) is 32.7 Å². The number of aliphatic hydroxyl groups excluding tert-OH is 1. The molecule has 106 valence electrons. The second kappa shape index (κ2) is 6.92. The standard InChI is InChI=1S/C16H25NO2/c1-13-10-14(2)12-16(11-13)19-9-3-6-17-7-4-15(18)5-8-17/h10-12,15,18H,3-9H2,1-2H3. The number of rotatable bonds is 5. The molecule has 1 heterocycles. The van der Waals surface area contributed by atoms with Crippen molar-refractivity contribution in [2.24, 2.45) is 0 Å². The van der Waals surface area contributed by atoms with Crippen LogP contribution in [0.25, 0.3) is 0 Å². The predicted octanol–water partition coefficient (Wildman–Crippen LogP) is 2.53. The number of aliphatic hydroxyl groups is 1. The zero-order valence-electron chi connectivity index (χ0n) is 12.1. The van der Waals surface area contributed by atoms with Crippen LogP contribution in [-0.4, -0.2) is 42.4 Å². The fourth-order valence-corrected chi connectivity index (χ4v) is 2.64. The molecule has 3 nitrogen and oxygen atoms in total. The summed E-state index contributed by atoms with van der Waals surface area (Å²) >= 11 is 0. The molecule has 1 N–H and O–H groups in total. The molecule has 0 unspecified atom stereocenters. The van der Waals surface area contributed by atoms with Crippen LogP contribution >= 0.6 is 0 Å². The normalized spacial score (nSPS) is 17.6. The Morgan fingerprint density at radius 2 is 1.79 bits per heavy atom. The second-order valence-corrected chi connectivity index (χ2v) is 5.60. The third-order valence-electron chi connectivity index (χ3n) is 3.64. The minimum absolute atomic E-state index is 0.0808. The highest BCUT2D eigenvalue weighted by molar-refractivity contribution is 5.32. The molecule has 3 heteroatoms. The van der Waals surface area contributed by atoms with Gasteiger partial charge in [0.05, 0.1) is 12.7 Å². The largest absolute Gasteiger partial charge is 0.494 e. The monoisotopic (exact) mass is 263 g/mol. The van der Waals surface area contributed by atoms with E-state index >= 15 is 0 Å². The number of hydrogen-bond acceptors (Lipinski definition) is 3. The number of nitrogens with zero attached hydrogens (tertiary/aromatic N) is 1. The Morgan fingerprint density at radius 1 is 1.16 bits per heavy atom. The first-order chi connectivity index (χ1) is 9.13. The maximum atomic E-state index is 9.45. The van der Waals surface area contributed by atoms with Crippen molar-refractivity contribution in [1.29, 1.82) is 0 Å². The van der Waals surface area contributed by atoms with Crippen LogP contribution in [-0.2, 0) is 0 Å². The molecular formula is C16H25NO2. The van der Waals surface area contributed by atoms with Gasteiger partial charge >= 0.3 is 0 Å². The van der Waals surface area contributed by atoms with E-state index in [0.29, 0.717) is 0 Å². The molecule has 0 radical (unpaired) electrons. The van der Waals surface area contributed by atoms with Crippen LogP contribution in [0, 0.1) is 13.8 Å². The van der Waals surface area contributed by atoms with Crippen LogP contribution < -0.4 is 4.74 Å². The zero-order chi connectivity index (χ0) is 13.7. The predicted molar refractivity (Wildman–Crippen MR) is 77.7 cm³/mol. The molecule has 1 aliphatic heterocycles. The minimum Gasteiger partial charge on any atom is -0.494 e. The van der Waals surface area contributed by atoms with E-state index in [1.807, 2.05) is 0 Å². The quantitative estimate of drug-likeness (QED) is 0.829. The van der Waals surface area contributed by atoms with Gasteiger partial charge in [0.15, 0.2) is 0 Å². The summed E-state index contributed by atoms with van der Waals surface area (Å²) in [5.74, 6) is 0.978. The number of hydrogen-bond donors (Lipinski definition) is 1. The van der Waals surface area contributed by atoms with Gasteiger partial charge in [-0.1, -0.05) is 6.07 Å². The minimum atomic E-state index is -0.0808. The Labute approximate surface area is 116 Å². The molecule has 0 amide bonds. The van der Waals surface area contributed by atoms with E-state index in [0.717, 1.165) is 51.3 Å². The highest BCUT2D eigenvalue weighted by Crippen LogP contribution is 2.16. The van der Waals surface area contributed by atoms with E-state index in [-0.39, 0.29) is 6.10 Å². The smallest absolute Gasteiger partial charge is 0.119 e. The van der Waals surface area contributed by atoms with E-state index in [1.54, 1.807) is 0 Å². The van der Waals surface area contributed by atoms with Crippen LogP contribution in [0.5, 0.6) is 5.75 Å². The van der Waals surface area contributed by atoms with Gasteiger partial charge in [-0.15, -0.1) is 0 Å². The fraction of sp³-hybridized carbons (Fsp3) is 0.625. The number of piperidine rings is 1. The summed E-state index contributed by atoms with van der Waals surface area (Å²) in [5, 5.41) is 9.45. The van der Waals surface area contributed by atoms with Gasteiger partial charge in [-0.25, -0.2) is 0 Å². The van der Waals surface area contributed by atoms with E-state index in [9.17, 15) is 5.11 Å². The molecule has 0 saturated carbocycles.